The summed E-state index contributed by atoms with van der Waals surface area (Å²) in [5.41, 5.74) is 1.32. The smallest absolute Gasteiger partial charge is 0.0769 e. The van der Waals surface area contributed by atoms with Gasteiger partial charge in [0.2, 0.25) is 0 Å². The Hall–Kier alpha value is -1.45. The van der Waals surface area contributed by atoms with E-state index in [0.717, 1.165) is 26.0 Å². The van der Waals surface area contributed by atoms with E-state index in [1.54, 1.807) is 0 Å². The van der Waals surface area contributed by atoms with Gasteiger partial charge in [-0.25, -0.2) is 0 Å². The van der Waals surface area contributed by atoms with Crippen LogP contribution in [-0.2, 0) is 4.74 Å². The van der Waals surface area contributed by atoms with Crippen LogP contribution in [0.5, 0.6) is 0 Å². The molecule has 2 aromatic rings. The average molecular weight is 284 g/mol. The lowest BCUT2D eigenvalue weighted by molar-refractivity contribution is -0.00785. The quantitative estimate of drug-likeness (QED) is 0.905. The minimum atomic E-state index is 0.262. The minimum Gasteiger partial charge on any atom is -0.376 e. The first-order valence-electron chi connectivity index (χ1n) is 8.08. The van der Waals surface area contributed by atoms with Crippen LogP contribution in [0.4, 0.5) is 0 Å². The zero-order valence-corrected chi connectivity index (χ0v) is 12.7. The summed E-state index contributed by atoms with van der Waals surface area (Å²) < 4.78 is 6.06. The number of hydrogen-bond donors (Lipinski definition) is 1. The number of hydrogen-bond acceptors (Lipinski definition) is 3. The van der Waals surface area contributed by atoms with Crippen LogP contribution in [0.15, 0.2) is 36.7 Å². The van der Waals surface area contributed by atoms with Crippen molar-refractivity contribution >= 4 is 10.8 Å². The highest BCUT2D eigenvalue weighted by atomic mass is 16.5. The molecule has 2 heterocycles. The summed E-state index contributed by atoms with van der Waals surface area (Å²) in [7, 11) is 0. The second-order valence-corrected chi connectivity index (χ2v) is 5.78. The van der Waals surface area contributed by atoms with E-state index < -0.39 is 0 Å². The molecule has 2 atom stereocenters. The molecule has 0 radical (unpaired) electrons. The first-order valence-corrected chi connectivity index (χ1v) is 8.08. The summed E-state index contributed by atoms with van der Waals surface area (Å²) in [6, 6.07) is 8.85. The molecule has 1 aliphatic heterocycles. The number of pyridine rings is 1. The topological polar surface area (TPSA) is 34.2 Å². The zero-order chi connectivity index (χ0) is 14.5. The van der Waals surface area contributed by atoms with Gasteiger partial charge < -0.3 is 10.1 Å². The maximum absolute atomic E-state index is 6.06. The Morgan fingerprint density at radius 1 is 1.33 bits per heavy atom. The molecule has 1 fully saturated rings. The maximum Gasteiger partial charge on any atom is 0.0769 e. The molecule has 0 spiro atoms. The Kier molecular flexibility index (Phi) is 4.84. The van der Waals surface area contributed by atoms with Gasteiger partial charge >= 0.3 is 0 Å². The van der Waals surface area contributed by atoms with Gasteiger partial charge in [0.05, 0.1) is 12.1 Å². The number of nitrogens with zero attached hydrogens (tertiary/aromatic N) is 1. The molecule has 1 aromatic heterocycles. The Labute approximate surface area is 126 Å². The van der Waals surface area contributed by atoms with Gasteiger partial charge in [-0.1, -0.05) is 25.1 Å². The largest absolute Gasteiger partial charge is 0.376 e. The molecule has 21 heavy (non-hydrogen) atoms. The third-order valence-electron chi connectivity index (χ3n) is 4.25. The van der Waals surface area contributed by atoms with Gasteiger partial charge in [0, 0.05) is 24.4 Å². The summed E-state index contributed by atoms with van der Waals surface area (Å²) >= 11 is 0. The van der Waals surface area contributed by atoms with Crippen molar-refractivity contribution in [2.24, 2.45) is 0 Å². The molecule has 1 N–H and O–H groups in total. The zero-order valence-electron chi connectivity index (χ0n) is 12.7. The van der Waals surface area contributed by atoms with E-state index in [-0.39, 0.29) is 12.1 Å². The standard InChI is InChI=1S/C18H24N2O/c1-2-10-20-18(17-8-3-4-12-21-17)15-7-5-6-14-9-11-19-13-16(14)15/h5-7,9,11,13,17-18,20H,2-4,8,10,12H2,1H3. The van der Waals surface area contributed by atoms with Crippen molar-refractivity contribution < 1.29 is 4.74 Å². The number of ether oxygens (including phenoxy) is 1. The SMILES string of the molecule is CCCNC(c1cccc2ccncc12)C1CCCCO1. The molecular formula is C18H24N2O. The molecular weight excluding hydrogens is 260 g/mol. The lowest BCUT2D eigenvalue weighted by Crippen LogP contribution is -2.36. The molecule has 0 bridgehead atoms. The summed E-state index contributed by atoms with van der Waals surface area (Å²) in [4.78, 5) is 4.31. The summed E-state index contributed by atoms with van der Waals surface area (Å²) in [5.74, 6) is 0. The van der Waals surface area contributed by atoms with E-state index in [1.807, 2.05) is 12.4 Å². The minimum absolute atomic E-state index is 0.262. The first-order chi connectivity index (χ1) is 10.4. The Morgan fingerprint density at radius 3 is 3.10 bits per heavy atom. The maximum atomic E-state index is 6.06. The molecule has 3 heteroatoms. The van der Waals surface area contributed by atoms with Gasteiger partial charge in [0.1, 0.15) is 0 Å². The molecule has 0 aliphatic carbocycles. The van der Waals surface area contributed by atoms with E-state index in [2.05, 4.69) is 41.5 Å². The van der Waals surface area contributed by atoms with Crippen molar-refractivity contribution in [1.82, 2.24) is 10.3 Å². The van der Waals surface area contributed by atoms with Crippen LogP contribution >= 0.6 is 0 Å². The number of fused-ring (bicyclic) bond motifs is 1. The van der Waals surface area contributed by atoms with Crippen LogP contribution < -0.4 is 5.32 Å². The third kappa shape index (κ3) is 3.25. The van der Waals surface area contributed by atoms with Crippen LogP contribution in [0, 0.1) is 0 Å². The van der Waals surface area contributed by atoms with E-state index in [1.165, 1.54) is 29.2 Å². The van der Waals surface area contributed by atoms with Crippen molar-refractivity contribution in [3.8, 4) is 0 Å². The van der Waals surface area contributed by atoms with Crippen LogP contribution in [0.2, 0.25) is 0 Å². The highest BCUT2D eigenvalue weighted by Gasteiger charge is 2.26. The van der Waals surface area contributed by atoms with Crippen LogP contribution in [-0.4, -0.2) is 24.2 Å². The molecule has 2 unspecified atom stereocenters. The molecule has 1 aromatic carbocycles. The monoisotopic (exact) mass is 284 g/mol. The number of aromatic nitrogens is 1. The number of benzene rings is 1. The summed E-state index contributed by atoms with van der Waals surface area (Å²) in [6.45, 7) is 4.11. The average Bonchev–Trinajstić information content (AvgIpc) is 2.56. The van der Waals surface area contributed by atoms with Crippen LogP contribution in [0.3, 0.4) is 0 Å². The second-order valence-electron chi connectivity index (χ2n) is 5.78. The van der Waals surface area contributed by atoms with E-state index in [4.69, 9.17) is 4.74 Å². The van der Waals surface area contributed by atoms with Gasteiger partial charge in [-0.05, 0) is 49.2 Å². The molecule has 0 amide bonds. The second kappa shape index (κ2) is 7.01. The molecule has 1 saturated heterocycles. The molecule has 0 saturated carbocycles. The van der Waals surface area contributed by atoms with Gasteiger partial charge in [-0.3, -0.25) is 4.98 Å². The van der Waals surface area contributed by atoms with E-state index in [0.29, 0.717) is 0 Å². The first kappa shape index (κ1) is 14.5. The highest BCUT2D eigenvalue weighted by Crippen LogP contribution is 2.31. The van der Waals surface area contributed by atoms with Crippen molar-refractivity contribution in [2.75, 3.05) is 13.2 Å². The third-order valence-corrected chi connectivity index (χ3v) is 4.25. The van der Waals surface area contributed by atoms with E-state index in [9.17, 15) is 0 Å². The van der Waals surface area contributed by atoms with Crippen molar-refractivity contribution in [1.29, 1.82) is 0 Å². The predicted molar refractivity (Wildman–Crippen MR) is 86.4 cm³/mol. The number of nitrogens with one attached hydrogen (secondary N) is 1. The lowest BCUT2D eigenvalue weighted by atomic mass is 9.92. The normalized spacial score (nSPS) is 20.5. The van der Waals surface area contributed by atoms with Gasteiger partial charge in [-0.15, -0.1) is 0 Å². The van der Waals surface area contributed by atoms with Crippen LogP contribution in [0.25, 0.3) is 10.8 Å². The molecule has 3 rings (SSSR count). The van der Waals surface area contributed by atoms with Crippen molar-refractivity contribution in [3.63, 3.8) is 0 Å². The van der Waals surface area contributed by atoms with Crippen molar-refractivity contribution in [2.45, 2.75) is 44.8 Å². The number of rotatable bonds is 5. The fourth-order valence-electron chi connectivity index (χ4n) is 3.18. The fourth-order valence-corrected chi connectivity index (χ4v) is 3.18. The Morgan fingerprint density at radius 2 is 2.29 bits per heavy atom. The fraction of sp³-hybridized carbons (Fsp3) is 0.500. The summed E-state index contributed by atoms with van der Waals surface area (Å²) in [5, 5.41) is 6.18. The highest BCUT2D eigenvalue weighted by molar-refractivity contribution is 5.85. The lowest BCUT2D eigenvalue weighted by Gasteiger charge is -2.32. The predicted octanol–water partition coefficient (Wildman–Crippen LogP) is 3.84. The molecule has 3 nitrogen and oxygen atoms in total. The van der Waals surface area contributed by atoms with E-state index >= 15 is 0 Å². The van der Waals surface area contributed by atoms with Crippen molar-refractivity contribution in [3.05, 3.63) is 42.2 Å². The van der Waals surface area contributed by atoms with Gasteiger partial charge in [0.15, 0.2) is 0 Å². The Balaban J connectivity index is 1.96. The van der Waals surface area contributed by atoms with Crippen LogP contribution in [0.1, 0.15) is 44.2 Å². The molecule has 1 aliphatic rings. The van der Waals surface area contributed by atoms with Gasteiger partial charge in [0.25, 0.3) is 0 Å². The summed E-state index contributed by atoms with van der Waals surface area (Å²) in [6.07, 6.45) is 8.83. The van der Waals surface area contributed by atoms with Gasteiger partial charge in [-0.2, -0.15) is 0 Å². The molecule has 112 valence electrons. The Bertz CT molecular complexity index is 573.